The summed E-state index contributed by atoms with van der Waals surface area (Å²) in [6, 6.07) is 16.0. The lowest BCUT2D eigenvalue weighted by atomic mass is 10.2. The number of fused-ring (bicyclic) bond motifs is 1. The molecule has 120 valence electrons. The molecule has 0 bridgehead atoms. The zero-order valence-electron chi connectivity index (χ0n) is 12.1. The van der Waals surface area contributed by atoms with E-state index in [0.29, 0.717) is 0 Å². The Hall–Kier alpha value is -2.29. The van der Waals surface area contributed by atoms with E-state index in [1.807, 2.05) is 53.5 Å². The number of rotatable bonds is 2. The normalized spacial score (nSPS) is 10.8. The van der Waals surface area contributed by atoms with Crippen LogP contribution in [0.2, 0.25) is 0 Å². The molecule has 3 rings (SSSR count). The molecule has 1 heterocycles. The average molecular weight is 337 g/mol. The molecule has 2 aromatic carbocycles. The molecule has 0 aliphatic heterocycles. The molecule has 0 fully saturated rings. The van der Waals surface area contributed by atoms with Gasteiger partial charge in [0.05, 0.1) is 12.5 Å². The lowest BCUT2D eigenvalue weighted by molar-refractivity contribution is -2.00. The molecular formula is C15H13ClN2O5. The average Bonchev–Trinajstić information content (AvgIpc) is 2.53. The molecule has 1 aromatic heterocycles. The summed E-state index contributed by atoms with van der Waals surface area (Å²) >= 11 is 0. The fourth-order valence-corrected chi connectivity index (χ4v) is 1.91. The molecule has 7 nitrogen and oxygen atoms in total. The standard InChI is InChI=1S/C15H13N2O.ClHO4/c1-18-15-8-6-14(7-9-15)17-11-13-5-3-2-4-12(13)10-16-17;2-1(3,4)5/h2-11H,1H3;(H,2,3,4,5)/q+1;/p-1. The Morgan fingerprint density at radius 1 is 0.913 bits per heavy atom. The van der Waals surface area contributed by atoms with Crippen LogP contribution in [0.15, 0.2) is 60.9 Å². The van der Waals surface area contributed by atoms with Crippen molar-refractivity contribution in [2.45, 2.75) is 0 Å². The van der Waals surface area contributed by atoms with Crippen molar-refractivity contribution >= 4 is 10.8 Å². The van der Waals surface area contributed by atoms with Crippen molar-refractivity contribution in [1.82, 2.24) is 5.10 Å². The Kier molecular flexibility index (Phi) is 5.43. The number of methoxy groups -OCH3 is 1. The zero-order valence-corrected chi connectivity index (χ0v) is 12.8. The molecule has 0 N–H and O–H groups in total. The van der Waals surface area contributed by atoms with Crippen molar-refractivity contribution in [1.29, 1.82) is 0 Å². The third-order valence-corrected chi connectivity index (χ3v) is 2.92. The Morgan fingerprint density at radius 3 is 2.04 bits per heavy atom. The smallest absolute Gasteiger partial charge is 0.238 e. The summed E-state index contributed by atoms with van der Waals surface area (Å²) in [4.78, 5) is 0. The van der Waals surface area contributed by atoms with Gasteiger partial charge in [-0.15, -0.1) is 10.2 Å². The first kappa shape index (κ1) is 17.1. The van der Waals surface area contributed by atoms with E-state index in [1.54, 1.807) is 7.11 Å². The van der Waals surface area contributed by atoms with Crippen LogP contribution in [0.25, 0.3) is 16.5 Å². The number of nitrogens with zero attached hydrogens (tertiary/aromatic N) is 2. The first-order valence-corrected chi connectivity index (χ1v) is 7.63. The highest BCUT2D eigenvalue weighted by Gasteiger charge is 2.08. The van der Waals surface area contributed by atoms with Crippen molar-refractivity contribution in [2.24, 2.45) is 0 Å². The molecule has 0 saturated carbocycles. The van der Waals surface area contributed by atoms with Crippen molar-refractivity contribution < 1.29 is 38.3 Å². The van der Waals surface area contributed by atoms with E-state index in [-0.39, 0.29) is 0 Å². The summed E-state index contributed by atoms with van der Waals surface area (Å²) in [5.74, 6) is 0.847. The van der Waals surface area contributed by atoms with Crippen molar-refractivity contribution in [3.8, 4) is 11.4 Å². The maximum atomic E-state index is 8.49. The van der Waals surface area contributed by atoms with Gasteiger partial charge < -0.3 is 4.74 Å². The number of hydrogen-bond acceptors (Lipinski definition) is 6. The number of halogens is 1. The summed E-state index contributed by atoms with van der Waals surface area (Å²) < 4.78 is 41.0. The maximum absolute atomic E-state index is 8.49. The Labute approximate surface area is 134 Å². The SMILES string of the molecule is COc1ccc(-[n+]2cc3ccccc3cn2)cc1.[O-][Cl+3]([O-])([O-])[O-]. The fourth-order valence-electron chi connectivity index (χ4n) is 1.91. The van der Waals surface area contributed by atoms with E-state index in [9.17, 15) is 0 Å². The van der Waals surface area contributed by atoms with Gasteiger partial charge in [0.2, 0.25) is 11.9 Å². The molecule has 8 heteroatoms. The van der Waals surface area contributed by atoms with Gasteiger partial charge in [-0.25, -0.2) is 18.6 Å². The second kappa shape index (κ2) is 7.32. The molecule has 0 atom stereocenters. The third-order valence-electron chi connectivity index (χ3n) is 2.92. The number of hydrogen-bond donors (Lipinski definition) is 0. The predicted octanol–water partition coefficient (Wildman–Crippen LogP) is -2.24. The van der Waals surface area contributed by atoms with Crippen LogP contribution in [-0.2, 0) is 0 Å². The van der Waals surface area contributed by atoms with Gasteiger partial charge in [-0.1, -0.05) is 22.9 Å². The Morgan fingerprint density at radius 2 is 1.48 bits per heavy atom. The van der Waals surface area contributed by atoms with Crippen LogP contribution in [-0.4, -0.2) is 12.2 Å². The zero-order chi connectivity index (χ0) is 16.9. The van der Waals surface area contributed by atoms with Crippen LogP contribution in [0.5, 0.6) is 5.75 Å². The Bertz CT molecular complexity index is 769. The maximum Gasteiger partial charge on any atom is 0.238 e. The van der Waals surface area contributed by atoms with Crippen LogP contribution in [0, 0.1) is 10.2 Å². The second-order valence-corrected chi connectivity index (χ2v) is 5.18. The van der Waals surface area contributed by atoms with Gasteiger partial charge in [-0.2, -0.15) is 0 Å². The third kappa shape index (κ3) is 5.44. The first-order valence-electron chi connectivity index (χ1n) is 6.40. The van der Waals surface area contributed by atoms with Gasteiger partial charge in [0.1, 0.15) is 11.9 Å². The van der Waals surface area contributed by atoms with E-state index in [0.717, 1.165) is 16.8 Å². The van der Waals surface area contributed by atoms with Crippen LogP contribution in [0.3, 0.4) is 0 Å². The van der Waals surface area contributed by atoms with Crippen molar-refractivity contribution in [3.63, 3.8) is 0 Å². The van der Waals surface area contributed by atoms with Gasteiger partial charge in [0.15, 0.2) is 0 Å². The highest BCUT2D eigenvalue weighted by atomic mass is 35.7. The van der Waals surface area contributed by atoms with Gasteiger partial charge in [-0.3, -0.25) is 0 Å². The predicted molar refractivity (Wildman–Crippen MR) is 69.8 cm³/mol. The molecule has 23 heavy (non-hydrogen) atoms. The molecule has 0 saturated heterocycles. The van der Waals surface area contributed by atoms with Gasteiger partial charge in [-0.05, 0) is 23.3 Å². The van der Waals surface area contributed by atoms with Crippen LogP contribution in [0.4, 0.5) is 0 Å². The number of benzene rings is 2. The monoisotopic (exact) mass is 336 g/mol. The van der Waals surface area contributed by atoms with E-state index >= 15 is 0 Å². The quantitative estimate of drug-likeness (QED) is 0.488. The van der Waals surface area contributed by atoms with Gasteiger partial charge in [0.25, 0.3) is 0 Å². The fraction of sp³-hybridized carbons (Fsp3) is 0.0667. The second-order valence-electron chi connectivity index (χ2n) is 4.42. The van der Waals surface area contributed by atoms with Crippen molar-refractivity contribution in [3.05, 3.63) is 60.9 Å². The highest BCUT2D eigenvalue weighted by Crippen LogP contribution is 2.12. The molecule has 0 aliphatic carbocycles. The van der Waals surface area contributed by atoms with E-state index in [4.69, 9.17) is 23.4 Å². The summed E-state index contributed by atoms with van der Waals surface area (Å²) in [5.41, 5.74) is 1.02. The first-order chi connectivity index (χ1) is 10.9. The van der Waals surface area contributed by atoms with Crippen LogP contribution < -0.4 is 28.1 Å². The molecule has 0 amide bonds. The molecule has 0 radical (unpaired) electrons. The largest absolute Gasteiger partial charge is 0.497 e. The lowest BCUT2D eigenvalue weighted by Crippen LogP contribution is -2.68. The summed E-state index contributed by atoms with van der Waals surface area (Å²) in [7, 11) is -3.28. The van der Waals surface area contributed by atoms with E-state index in [1.165, 1.54) is 5.39 Å². The molecule has 3 aromatic rings. The lowest BCUT2D eigenvalue weighted by Gasteiger charge is -2.17. The summed E-state index contributed by atoms with van der Waals surface area (Å²) in [5, 5.41) is 6.72. The van der Waals surface area contributed by atoms with Crippen LogP contribution >= 0.6 is 0 Å². The molecular weight excluding hydrogens is 324 g/mol. The minimum Gasteiger partial charge on any atom is -0.497 e. The van der Waals surface area contributed by atoms with Gasteiger partial charge in [0, 0.05) is 17.5 Å². The number of ether oxygens (including phenoxy) is 1. The minimum absolute atomic E-state index is 0.847. The topological polar surface area (TPSA) is 118 Å². The molecule has 0 unspecified atom stereocenters. The summed E-state index contributed by atoms with van der Waals surface area (Å²) in [6.45, 7) is 0. The Balaban J connectivity index is 0.000000338. The minimum atomic E-state index is -4.94. The van der Waals surface area contributed by atoms with Crippen molar-refractivity contribution in [2.75, 3.05) is 7.11 Å². The number of aromatic nitrogens is 2. The highest BCUT2D eigenvalue weighted by molar-refractivity contribution is 5.79. The molecule has 0 spiro atoms. The van der Waals surface area contributed by atoms with Gasteiger partial charge >= 0.3 is 0 Å². The summed E-state index contributed by atoms with van der Waals surface area (Å²) in [6.07, 6.45) is 3.90. The molecule has 0 aliphatic rings. The van der Waals surface area contributed by atoms with E-state index < -0.39 is 10.2 Å². The van der Waals surface area contributed by atoms with E-state index in [2.05, 4.69) is 17.2 Å². The van der Waals surface area contributed by atoms with Crippen LogP contribution in [0.1, 0.15) is 0 Å².